The van der Waals surface area contributed by atoms with Crippen molar-refractivity contribution >= 4 is 5.69 Å². The predicted octanol–water partition coefficient (Wildman–Crippen LogP) is 7.52. The summed E-state index contributed by atoms with van der Waals surface area (Å²) in [5.74, 6) is 0. The van der Waals surface area contributed by atoms with Crippen LogP contribution >= 0.6 is 0 Å². The third-order valence-electron chi connectivity index (χ3n) is 7.22. The smallest absolute Gasteiger partial charge is 0.0701 e. The molecular weight excluding hydrogens is 448 g/mol. The standard InChI is InChI=1S/C35H34N2/c1-36-26-27-14-18-31(19-15-27)35(30-12-8-5-9-13-30,33-22-24-34(25-23-33)37(2)3)32-20-16-29(17-21-32)28-10-6-4-7-11-28/h4-25,36H,26H2,1-3H3. The average Bonchev–Trinajstić information content (AvgIpc) is 2.96. The van der Waals surface area contributed by atoms with Gasteiger partial charge in [-0.25, -0.2) is 0 Å². The Bertz CT molecular complexity index is 1410. The molecular formula is C35H34N2. The summed E-state index contributed by atoms with van der Waals surface area (Å²) in [6.45, 7) is 0.849. The van der Waals surface area contributed by atoms with Crippen LogP contribution in [-0.2, 0) is 12.0 Å². The molecule has 37 heavy (non-hydrogen) atoms. The average molecular weight is 483 g/mol. The Morgan fingerprint density at radius 3 is 1.46 bits per heavy atom. The van der Waals surface area contributed by atoms with Crippen molar-refractivity contribution < 1.29 is 0 Å². The predicted molar refractivity (Wildman–Crippen MR) is 157 cm³/mol. The van der Waals surface area contributed by atoms with Crippen LogP contribution in [0.15, 0.2) is 133 Å². The first kappa shape index (κ1) is 24.5. The van der Waals surface area contributed by atoms with Gasteiger partial charge in [0.25, 0.3) is 0 Å². The molecule has 5 rings (SSSR count). The maximum absolute atomic E-state index is 3.27. The first-order chi connectivity index (χ1) is 18.1. The number of nitrogens with one attached hydrogen (secondary N) is 1. The lowest BCUT2D eigenvalue weighted by molar-refractivity contribution is 0.742. The van der Waals surface area contributed by atoms with Gasteiger partial charge in [-0.15, -0.1) is 0 Å². The Morgan fingerprint density at radius 1 is 0.514 bits per heavy atom. The van der Waals surface area contributed by atoms with E-state index in [0.717, 1.165) is 6.54 Å². The third kappa shape index (κ3) is 4.81. The van der Waals surface area contributed by atoms with Crippen molar-refractivity contribution in [2.75, 3.05) is 26.0 Å². The molecule has 184 valence electrons. The summed E-state index contributed by atoms with van der Waals surface area (Å²) in [4.78, 5) is 2.15. The summed E-state index contributed by atoms with van der Waals surface area (Å²) in [5, 5.41) is 3.27. The number of rotatable bonds is 8. The Morgan fingerprint density at radius 2 is 0.946 bits per heavy atom. The zero-order chi connectivity index (χ0) is 25.7. The molecule has 1 N–H and O–H groups in total. The zero-order valence-corrected chi connectivity index (χ0v) is 21.9. The molecule has 0 bridgehead atoms. The molecule has 0 saturated heterocycles. The fraction of sp³-hybridized carbons (Fsp3) is 0.143. The Kier molecular flexibility index (Phi) is 7.20. The van der Waals surface area contributed by atoms with E-state index in [9.17, 15) is 0 Å². The van der Waals surface area contributed by atoms with Crippen LogP contribution in [0.5, 0.6) is 0 Å². The van der Waals surface area contributed by atoms with E-state index in [1.807, 2.05) is 7.05 Å². The van der Waals surface area contributed by atoms with E-state index in [1.54, 1.807) is 0 Å². The summed E-state index contributed by atoms with van der Waals surface area (Å²) in [6.07, 6.45) is 0. The molecule has 0 aliphatic heterocycles. The van der Waals surface area contributed by atoms with Crippen LogP contribution in [0.4, 0.5) is 5.69 Å². The van der Waals surface area contributed by atoms with Gasteiger partial charge in [0.15, 0.2) is 0 Å². The van der Waals surface area contributed by atoms with Gasteiger partial charge in [-0.3, -0.25) is 0 Å². The van der Waals surface area contributed by atoms with Crippen molar-refractivity contribution in [3.8, 4) is 11.1 Å². The molecule has 2 heteroatoms. The molecule has 0 spiro atoms. The lowest BCUT2D eigenvalue weighted by Gasteiger charge is -2.37. The molecule has 0 aromatic heterocycles. The maximum Gasteiger partial charge on any atom is 0.0701 e. The van der Waals surface area contributed by atoms with E-state index in [2.05, 4.69) is 158 Å². The maximum atomic E-state index is 3.27. The quantitative estimate of drug-likeness (QED) is 0.230. The molecule has 1 atom stereocenters. The van der Waals surface area contributed by atoms with Crippen LogP contribution in [0, 0.1) is 0 Å². The van der Waals surface area contributed by atoms with Gasteiger partial charge in [0, 0.05) is 26.3 Å². The Hall–Kier alpha value is -4.14. The van der Waals surface area contributed by atoms with E-state index >= 15 is 0 Å². The summed E-state index contributed by atoms with van der Waals surface area (Å²) >= 11 is 0. The topological polar surface area (TPSA) is 15.3 Å². The van der Waals surface area contributed by atoms with E-state index in [4.69, 9.17) is 0 Å². The lowest BCUT2D eigenvalue weighted by atomic mass is 9.65. The van der Waals surface area contributed by atoms with E-state index in [-0.39, 0.29) is 0 Å². The highest BCUT2D eigenvalue weighted by molar-refractivity contribution is 5.67. The largest absolute Gasteiger partial charge is 0.378 e. The molecule has 5 aromatic rings. The molecule has 0 radical (unpaired) electrons. The highest BCUT2D eigenvalue weighted by atomic mass is 15.1. The van der Waals surface area contributed by atoms with Crippen LogP contribution in [-0.4, -0.2) is 21.1 Å². The zero-order valence-electron chi connectivity index (χ0n) is 21.9. The van der Waals surface area contributed by atoms with E-state index in [1.165, 1.54) is 44.6 Å². The number of hydrogen-bond acceptors (Lipinski definition) is 2. The van der Waals surface area contributed by atoms with Gasteiger partial charge < -0.3 is 10.2 Å². The second-order valence-electron chi connectivity index (χ2n) is 9.73. The van der Waals surface area contributed by atoms with Crippen molar-refractivity contribution in [1.29, 1.82) is 0 Å². The van der Waals surface area contributed by atoms with E-state index < -0.39 is 5.41 Å². The monoisotopic (exact) mass is 482 g/mol. The molecule has 5 aromatic carbocycles. The number of anilines is 1. The minimum Gasteiger partial charge on any atom is -0.378 e. The highest BCUT2D eigenvalue weighted by Crippen LogP contribution is 2.46. The molecule has 0 aliphatic rings. The van der Waals surface area contributed by atoms with Crippen LogP contribution in [0.25, 0.3) is 11.1 Å². The highest BCUT2D eigenvalue weighted by Gasteiger charge is 2.38. The van der Waals surface area contributed by atoms with Gasteiger partial charge in [-0.05, 0) is 58.1 Å². The van der Waals surface area contributed by atoms with Crippen LogP contribution in [0.3, 0.4) is 0 Å². The minimum absolute atomic E-state index is 0.459. The number of benzene rings is 5. The summed E-state index contributed by atoms with van der Waals surface area (Å²) in [7, 11) is 6.16. The molecule has 2 nitrogen and oxygen atoms in total. The molecule has 0 heterocycles. The number of hydrogen-bond donors (Lipinski definition) is 1. The van der Waals surface area contributed by atoms with Gasteiger partial charge in [0.2, 0.25) is 0 Å². The third-order valence-corrected chi connectivity index (χ3v) is 7.22. The molecule has 0 aliphatic carbocycles. The van der Waals surface area contributed by atoms with Crippen LogP contribution < -0.4 is 10.2 Å². The van der Waals surface area contributed by atoms with Gasteiger partial charge in [-0.1, -0.05) is 121 Å². The second kappa shape index (κ2) is 10.9. The van der Waals surface area contributed by atoms with Gasteiger partial charge >= 0.3 is 0 Å². The first-order valence-corrected chi connectivity index (χ1v) is 12.9. The Labute approximate surface area is 221 Å². The second-order valence-corrected chi connectivity index (χ2v) is 9.73. The van der Waals surface area contributed by atoms with Crippen molar-refractivity contribution in [2.24, 2.45) is 0 Å². The fourth-order valence-corrected chi connectivity index (χ4v) is 5.32. The van der Waals surface area contributed by atoms with Crippen molar-refractivity contribution in [1.82, 2.24) is 5.32 Å². The first-order valence-electron chi connectivity index (χ1n) is 12.9. The van der Waals surface area contributed by atoms with Crippen LogP contribution in [0.1, 0.15) is 27.8 Å². The van der Waals surface area contributed by atoms with Gasteiger partial charge in [-0.2, -0.15) is 0 Å². The Balaban J connectivity index is 1.76. The van der Waals surface area contributed by atoms with Gasteiger partial charge in [0.1, 0.15) is 0 Å². The van der Waals surface area contributed by atoms with Crippen molar-refractivity contribution in [3.63, 3.8) is 0 Å². The van der Waals surface area contributed by atoms with Crippen LogP contribution in [0.2, 0.25) is 0 Å². The fourth-order valence-electron chi connectivity index (χ4n) is 5.32. The summed E-state index contributed by atoms with van der Waals surface area (Å²) in [5.41, 5.74) is 9.45. The summed E-state index contributed by atoms with van der Waals surface area (Å²) in [6, 6.07) is 48.7. The van der Waals surface area contributed by atoms with Gasteiger partial charge in [0.05, 0.1) is 5.41 Å². The van der Waals surface area contributed by atoms with Crippen molar-refractivity contribution in [2.45, 2.75) is 12.0 Å². The molecule has 0 fully saturated rings. The van der Waals surface area contributed by atoms with Crippen molar-refractivity contribution in [3.05, 3.63) is 161 Å². The lowest BCUT2D eigenvalue weighted by Crippen LogP contribution is -2.31. The summed E-state index contributed by atoms with van der Waals surface area (Å²) < 4.78 is 0. The minimum atomic E-state index is -0.459. The molecule has 1 unspecified atom stereocenters. The SMILES string of the molecule is CNCc1ccc(C(c2ccccc2)(c2ccc(-c3ccccc3)cc2)c2ccc(N(C)C)cc2)cc1. The van der Waals surface area contributed by atoms with E-state index in [0.29, 0.717) is 0 Å². The normalized spacial score (nSPS) is 12.6. The molecule has 0 amide bonds. The molecule has 0 saturated carbocycles. The number of nitrogens with zero attached hydrogens (tertiary/aromatic N) is 1.